The van der Waals surface area contributed by atoms with Gasteiger partial charge in [0.25, 0.3) is 0 Å². The minimum Gasteiger partial charge on any atom is -0.355 e. The molecule has 2 rings (SSSR count). The molecule has 0 saturated carbocycles. The summed E-state index contributed by atoms with van der Waals surface area (Å²) in [6.07, 6.45) is 0.855. The van der Waals surface area contributed by atoms with Crippen molar-refractivity contribution in [2.75, 3.05) is 20.1 Å². The Balaban J connectivity index is 1.92. The van der Waals surface area contributed by atoms with Crippen molar-refractivity contribution < 1.29 is 9.59 Å². The maximum atomic E-state index is 12.1. The first-order valence-electron chi connectivity index (χ1n) is 7.85. The topological polar surface area (TPSA) is 93.0 Å². The third-order valence-electron chi connectivity index (χ3n) is 3.42. The van der Waals surface area contributed by atoms with Gasteiger partial charge in [-0.2, -0.15) is 4.80 Å². The summed E-state index contributed by atoms with van der Waals surface area (Å²) in [7, 11) is 1.58. The quantitative estimate of drug-likeness (QED) is 0.804. The Bertz CT molecular complexity index is 695. The first-order valence-corrected chi connectivity index (χ1v) is 7.85. The fourth-order valence-electron chi connectivity index (χ4n) is 1.99. The Kier molecular flexibility index (Phi) is 6.00. The van der Waals surface area contributed by atoms with Crippen LogP contribution in [0.4, 0.5) is 0 Å². The lowest BCUT2D eigenvalue weighted by molar-refractivity contribution is -0.135. The summed E-state index contributed by atoms with van der Waals surface area (Å²) in [5, 5.41) is 14.8. The Hall–Kier alpha value is -2.77. The van der Waals surface area contributed by atoms with Crippen LogP contribution < -0.4 is 5.32 Å². The summed E-state index contributed by atoms with van der Waals surface area (Å²) >= 11 is 0. The largest absolute Gasteiger partial charge is 0.355 e. The summed E-state index contributed by atoms with van der Waals surface area (Å²) in [6.45, 7) is 4.52. The number of aryl methyl sites for hydroxylation is 1. The fraction of sp³-hybridized carbons (Fsp3) is 0.438. The normalized spacial score (nSPS) is 10.5. The number of likely N-dealkylation sites (N-methyl/N-ethyl adjacent to an activating group) is 1. The number of hydrogen-bond donors (Lipinski definition) is 1. The highest BCUT2D eigenvalue weighted by Gasteiger charge is 2.15. The maximum Gasteiger partial charge on any atom is 0.246 e. The molecule has 1 aromatic carbocycles. The first-order chi connectivity index (χ1) is 11.5. The molecule has 1 heterocycles. The van der Waals surface area contributed by atoms with Gasteiger partial charge in [-0.3, -0.25) is 9.59 Å². The van der Waals surface area contributed by atoms with Crippen molar-refractivity contribution in [1.82, 2.24) is 30.4 Å². The minimum absolute atomic E-state index is 0.0123. The molecular formula is C16H22N6O2. The van der Waals surface area contributed by atoms with Gasteiger partial charge >= 0.3 is 0 Å². The van der Waals surface area contributed by atoms with Crippen LogP contribution in [0, 0.1) is 6.92 Å². The highest BCUT2D eigenvalue weighted by Crippen LogP contribution is 2.13. The summed E-state index contributed by atoms with van der Waals surface area (Å²) in [6, 6.07) is 7.74. The first kappa shape index (κ1) is 17.6. The lowest BCUT2D eigenvalue weighted by atomic mass is 10.1. The standard InChI is InChI=1S/C16H22N6O2/c1-4-9-17-14(23)10-21(3)15(24)11-22-19-16(18-20-22)13-7-5-12(2)6-8-13/h5-8H,4,9-11H2,1-3H3,(H,17,23). The Labute approximate surface area is 140 Å². The molecule has 2 amide bonds. The Morgan fingerprint density at radius 1 is 1.25 bits per heavy atom. The van der Waals surface area contributed by atoms with Crippen molar-refractivity contribution in [3.8, 4) is 11.4 Å². The van der Waals surface area contributed by atoms with Crippen LogP contribution in [-0.4, -0.2) is 57.1 Å². The average molecular weight is 330 g/mol. The van der Waals surface area contributed by atoms with Gasteiger partial charge in [-0.05, 0) is 18.6 Å². The number of benzene rings is 1. The van der Waals surface area contributed by atoms with E-state index in [0.29, 0.717) is 12.4 Å². The highest BCUT2D eigenvalue weighted by molar-refractivity contribution is 5.84. The second kappa shape index (κ2) is 8.19. The molecule has 0 bridgehead atoms. The molecule has 0 aliphatic heterocycles. The SMILES string of the molecule is CCCNC(=O)CN(C)C(=O)Cn1nnc(-c2ccc(C)cc2)n1. The average Bonchev–Trinajstić information content (AvgIpc) is 3.02. The van der Waals surface area contributed by atoms with E-state index in [1.54, 1.807) is 7.05 Å². The number of rotatable bonds is 7. The number of nitrogens with one attached hydrogen (secondary N) is 1. The van der Waals surface area contributed by atoms with Gasteiger partial charge in [0, 0.05) is 19.2 Å². The second-order valence-corrected chi connectivity index (χ2v) is 5.61. The zero-order valence-corrected chi connectivity index (χ0v) is 14.2. The lowest BCUT2D eigenvalue weighted by Gasteiger charge is -2.16. The molecule has 128 valence electrons. The molecule has 0 aliphatic rings. The van der Waals surface area contributed by atoms with E-state index in [1.165, 1.54) is 9.70 Å². The monoisotopic (exact) mass is 330 g/mol. The van der Waals surface area contributed by atoms with Gasteiger partial charge in [-0.15, -0.1) is 10.2 Å². The van der Waals surface area contributed by atoms with Crippen molar-refractivity contribution in [1.29, 1.82) is 0 Å². The van der Waals surface area contributed by atoms with Crippen molar-refractivity contribution in [2.24, 2.45) is 0 Å². The van der Waals surface area contributed by atoms with E-state index in [1.807, 2.05) is 38.1 Å². The number of tetrazole rings is 1. The molecule has 0 radical (unpaired) electrons. The zero-order valence-electron chi connectivity index (χ0n) is 14.2. The van der Waals surface area contributed by atoms with E-state index < -0.39 is 0 Å². The van der Waals surface area contributed by atoms with E-state index in [9.17, 15) is 9.59 Å². The smallest absolute Gasteiger partial charge is 0.246 e. The van der Waals surface area contributed by atoms with Gasteiger partial charge < -0.3 is 10.2 Å². The van der Waals surface area contributed by atoms with Gasteiger partial charge in [0.15, 0.2) is 0 Å². The molecule has 2 aromatic rings. The van der Waals surface area contributed by atoms with Crippen LogP contribution in [0.1, 0.15) is 18.9 Å². The molecule has 0 unspecified atom stereocenters. The number of hydrogen-bond acceptors (Lipinski definition) is 5. The molecule has 0 aliphatic carbocycles. The predicted octanol–water partition coefficient (Wildman–Crippen LogP) is 0.633. The Morgan fingerprint density at radius 3 is 2.62 bits per heavy atom. The van der Waals surface area contributed by atoms with Gasteiger partial charge in [0.1, 0.15) is 6.54 Å². The molecule has 24 heavy (non-hydrogen) atoms. The third kappa shape index (κ3) is 4.87. The van der Waals surface area contributed by atoms with E-state index in [2.05, 4.69) is 20.7 Å². The zero-order chi connectivity index (χ0) is 17.5. The van der Waals surface area contributed by atoms with Crippen LogP contribution in [-0.2, 0) is 16.1 Å². The van der Waals surface area contributed by atoms with Gasteiger partial charge in [0.2, 0.25) is 17.6 Å². The van der Waals surface area contributed by atoms with Crippen molar-refractivity contribution in [2.45, 2.75) is 26.8 Å². The predicted molar refractivity (Wildman–Crippen MR) is 88.9 cm³/mol. The molecule has 0 atom stereocenters. The lowest BCUT2D eigenvalue weighted by Crippen LogP contribution is -2.40. The number of amides is 2. The van der Waals surface area contributed by atoms with Crippen LogP contribution in [0.15, 0.2) is 24.3 Å². The molecule has 0 spiro atoms. The maximum absolute atomic E-state index is 12.1. The van der Waals surface area contributed by atoms with Crippen LogP contribution in [0.3, 0.4) is 0 Å². The molecule has 1 N–H and O–H groups in total. The van der Waals surface area contributed by atoms with Gasteiger partial charge in [-0.1, -0.05) is 36.8 Å². The highest BCUT2D eigenvalue weighted by atomic mass is 16.2. The molecular weight excluding hydrogens is 308 g/mol. The summed E-state index contributed by atoms with van der Waals surface area (Å²) in [4.78, 5) is 26.3. The molecule has 1 aromatic heterocycles. The van der Waals surface area contributed by atoms with Gasteiger partial charge in [0.05, 0.1) is 6.54 Å². The van der Waals surface area contributed by atoms with E-state index >= 15 is 0 Å². The number of nitrogens with zero attached hydrogens (tertiary/aromatic N) is 5. The second-order valence-electron chi connectivity index (χ2n) is 5.61. The third-order valence-corrected chi connectivity index (χ3v) is 3.42. The van der Waals surface area contributed by atoms with E-state index in [4.69, 9.17) is 0 Å². The molecule has 0 saturated heterocycles. The van der Waals surface area contributed by atoms with E-state index in [-0.39, 0.29) is 24.9 Å². The summed E-state index contributed by atoms with van der Waals surface area (Å²) in [5.41, 5.74) is 1.98. The summed E-state index contributed by atoms with van der Waals surface area (Å²) < 4.78 is 0. The van der Waals surface area contributed by atoms with E-state index in [0.717, 1.165) is 17.5 Å². The van der Waals surface area contributed by atoms with Crippen LogP contribution in [0.5, 0.6) is 0 Å². The van der Waals surface area contributed by atoms with Crippen LogP contribution in [0.25, 0.3) is 11.4 Å². The number of aromatic nitrogens is 4. The number of carbonyl (C=O) groups is 2. The molecule has 8 nitrogen and oxygen atoms in total. The molecule has 8 heteroatoms. The van der Waals surface area contributed by atoms with Crippen molar-refractivity contribution >= 4 is 11.8 Å². The van der Waals surface area contributed by atoms with Crippen molar-refractivity contribution in [3.63, 3.8) is 0 Å². The number of carbonyl (C=O) groups excluding carboxylic acids is 2. The van der Waals surface area contributed by atoms with Crippen molar-refractivity contribution in [3.05, 3.63) is 29.8 Å². The fourth-order valence-corrected chi connectivity index (χ4v) is 1.99. The van der Waals surface area contributed by atoms with Gasteiger partial charge in [-0.25, -0.2) is 0 Å². The minimum atomic E-state index is -0.255. The van der Waals surface area contributed by atoms with Crippen LogP contribution >= 0.6 is 0 Å². The summed E-state index contributed by atoms with van der Waals surface area (Å²) in [5.74, 6) is 0.0280. The molecule has 0 fully saturated rings. The Morgan fingerprint density at radius 2 is 1.96 bits per heavy atom. The van der Waals surface area contributed by atoms with Crippen LogP contribution in [0.2, 0.25) is 0 Å².